The van der Waals surface area contributed by atoms with Gasteiger partial charge in [-0.1, -0.05) is 6.07 Å². The number of piperidine rings is 1. The maximum Gasteiger partial charge on any atom is 0.208 e. The second-order valence-corrected chi connectivity index (χ2v) is 7.24. The van der Waals surface area contributed by atoms with Crippen molar-refractivity contribution in [2.75, 3.05) is 31.6 Å². The lowest BCUT2D eigenvalue weighted by Crippen LogP contribution is -2.40. The molecule has 1 aromatic rings. The number of anilines is 1. The van der Waals surface area contributed by atoms with E-state index in [1.54, 1.807) is 6.20 Å². The summed E-state index contributed by atoms with van der Waals surface area (Å²) in [5.74, 6) is 0.931. The minimum atomic E-state index is -3.11. The Bertz CT molecular complexity index is 547. The summed E-state index contributed by atoms with van der Waals surface area (Å²) in [5, 5.41) is 0. The normalized spacial score (nSPS) is 20.9. The SMILES string of the molecule is CS(=O)(=O)NCC1CCCN(Cc2cccnc2N)C1. The molecular formula is C13H22N4O2S. The molecule has 20 heavy (non-hydrogen) atoms. The number of nitrogen functional groups attached to an aromatic ring is 1. The second kappa shape index (κ2) is 6.51. The van der Waals surface area contributed by atoms with E-state index in [0.717, 1.165) is 38.0 Å². The van der Waals surface area contributed by atoms with Crippen LogP contribution in [0.2, 0.25) is 0 Å². The third-order valence-electron chi connectivity index (χ3n) is 3.56. The highest BCUT2D eigenvalue weighted by molar-refractivity contribution is 7.88. The summed E-state index contributed by atoms with van der Waals surface area (Å²) in [4.78, 5) is 6.40. The number of likely N-dealkylation sites (tertiary alicyclic amines) is 1. The molecule has 112 valence electrons. The lowest BCUT2D eigenvalue weighted by molar-refractivity contribution is 0.169. The number of hydrogen-bond donors (Lipinski definition) is 2. The predicted molar refractivity (Wildman–Crippen MR) is 79.5 cm³/mol. The fraction of sp³-hybridized carbons (Fsp3) is 0.615. The molecule has 1 fully saturated rings. The van der Waals surface area contributed by atoms with Gasteiger partial charge in [-0.2, -0.15) is 0 Å². The van der Waals surface area contributed by atoms with Gasteiger partial charge in [-0.25, -0.2) is 18.1 Å². The summed E-state index contributed by atoms with van der Waals surface area (Å²) in [6.45, 7) is 3.19. The number of hydrogen-bond acceptors (Lipinski definition) is 5. The third-order valence-corrected chi connectivity index (χ3v) is 4.25. The highest BCUT2D eigenvalue weighted by Gasteiger charge is 2.21. The summed E-state index contributed by atoms with van der Waals surface area (Å²) < 4.78 is 24.9. The molecule has 1 unspecified atom stereocenters. The molecule has 1 aliphatic rings. The molecule has 0 saturated carbocycles. The van der Waals surface area contributed by atoms with Gasteiger partial charge in [0.25, 0.3) is 0 Å². The second-order valence-electron chi connectivity index (χ2n) is 5.41. The van der Waals surface area contributed by atoms with Gasteiger partial charge in [-0.3, -0.25) is 4.90 Å². The number of aromatic nitrogens is 1. The van der Waals surface area contributed by atoms with Crippen molar-refractivity contribution >= 4 is 15.8 Å². The molecule has 1 aliphatic heterocycles. The van der Waals surface area contributed by atoms with E-state index in [0.29, 0.717) is 18.3 Å². The topological polar surface area (TPSA) is 88.3 Å². The molecule has 0 bridgehead atoms. The Kier molecular flexibility index (Phi) is 4.95. The number of nitrogens with two attached hydrogens (primary N) is 1. The maximum atomic E-state index is 11.1. The monoisotopic (exact) mass is 298 g/mol. The summed E-state index contributed by atoms with van der Waals surface area (Å²) in [5.41, 5.74) is 6.89. The van der Waals surface area contributed by atoms with Crippen LogP contribution < -0.4 is 10.5 Å². The van der Waals surface area contributed by atoms with Crippen LogP contribution in [0.15, 0.2) is 18.3 Å². The third kappa shape index (κ3) is 4.73. The van der Waals surface area contributed by atoms with Crippen molar-refractivity contribution in [1.82, 2.24) is 14.6 Å². The van der Waals surface area contributed by atoms with Crippen molar-refractivity contribution in [2.24, 2.45) is 5.92 Å². The molecule has 1 atom stereocenters. The van der Waals surface area contributed by atoms with E-state index in [1.165, 1.54) is 6.26 Å². The maximum absolute atomic E-state index is 11.1. The van der Waals surface area contributed by atoms with E-state index >= 15 is 0 Å². The molecule has 0 aliphatic carbocycles. The fourth-order valence-electron chi connectivity index (χ4n) is 2.56. The van der Waals surface area contributed by atoms with Crippen molar-refractivity contribution in [3.05, 3.63) is 23.9 Å². The number of pyridine rings is 1. The Labute approximate surface area is 120 Å². The van der Waals surface area contributed by atoms with Crippen molar-refractivity contribution < 1.29 is 8.42 Å². The van der Waals surface area contributed by atoms with E-state index in [1.807, 2.05) is 12.1 Å². The molecule has 2 rings (SSSR count). The first kappa shape index (κ1) is 15.2. The van der Waals surface area contributed by atoms with Crippen molar-refractivity contribution in [3.8, 4) is 0 Å². The van der Waals surface area contributed by atoms with Crippen molar-refractivity contribution in [2.45, 2.75) is 19.4 Å². The summed E-state index contributed by atoms with van der Waals surface area (Å²) in [6.07, 6.45) is 5.02. The van der Waals surface area contributed by atoms with Crippen LogP contribution in [0.3, 0.4) is 0 Å². The van der Waals surface area contributed by atoms with Gasteiger partial charge in [-0.05, 0) is 31.4 Å². The lowest BCUT2D eigenvalue weighted by atomic mass is 9.98. The first-order valence-electron chi connectivity index (χ1n) is 6.80. The average molecular weight is 298 g/mol. The van der Waals surface area contributed by atoms with Gasteiger partial charge in [0, 0.05) is 31.4 Å². The Morgan fingerprint density at radius 1 is 1.55 bits per heavy atom. The summed E-state index contributed by atoms with van der Waals surface area (Å²) >= 11 is 0. The average Bonchev–Trinajstić information content (AvgIpc) is 2.39. The molecule has 1 saturated heterocycles. The molecule has 2 heterocycles. The number of nitrogens with zero attached hydrogens (tertiary/aromatic N) is 2. The van der Waals surface area contributed by atoms with E-state index in [2.05, 4.69) is 14.6 Å². The predicted octanol–water partition coefficient (Wildman–Crippen LogP) is 0.425. The first-order valence-corrected chi connectivity index (χ1v) is 8.69. The number of rotatable bonds is 5. The number of nitrogens with one attached hydrogen (secondary N) is 1. The van der Waals surface area contributed by atoms with Crippen LogP contribution >= 0.6 is 0 Å². The van der Waals surface area contributed by atoms with Crippen LogP contribution in [0, 0.1) is 5.92 Å². The molecule has 1 aromatic heterocycles. The zero-order chi connectivity index (χ0) is 14.6. The Morgan fingerprint density at radius 3 is 3.05 bits per heavy atom. The molecule has 0 spiro atoms. The van der Waals surface area contributed by atoms with Crippen LogP contribution in [0.1, 0.15) is 18.4 Å². The largest absolute Gasteiger partial charge is 0.383 e. The van der Waals surface area contributed by atoms with Gasteiger partial charge in [0.1, 0.15) is 5.82 Å². The van der Waals surface area contributed by atoms with Crippen molar-refractivity contribution in [3.63, 3.8) is 0 Å². The highest BCUT2D eigenvalue weighted by atomic mass is 32.2. The van der Waals surface area contributed by atoms with Gasteiger partial charge in [-0.15, -0.1) is 0 Å². The van der Waals surface area contributed by atoms with Crippen LogP contribution in [0.5, 0.6) is 0 Å². The zero-order valence-corrected chi connectivity index (χ0v) is 12.6. The molecule has 6 nitrogen and oxygen atoms in total. The van der Waals surface area contributed by atoms with Gasteiger partial charge in [0.2, 0.25) is 10.0 Å². The first-order chi connectivity index (χ1) is 9.44. The van der Waals surface area contributed by atoms with Crippen LogP contribution in [-0.2, 0) is 16.6 Å². The van der Waals surface area contributed by atoms with Crippen LogP contribution in [0.25, 0.3) is 0 Å². The zero-order valence-electron chi connectivity index (χ0n) is 11.7. The van der Waals surface area contributed by atoms with Gasteiger partial charge in [0.15, 0.2) is 0 Å². The highest BCUT2D eigenvalue weighted by Crippen LogP contribution is 2.19. The number of sulfonamides is 1. The smallest absolute Gasteiger partial charge is 0.208 e. The van der Waals surface area contributed by atoms with Crippen molar-refractivity contribution in [1.29, 1.82) is 0 Å². The van der Waals surface area contributed by atoms with E-state index < -0.39 is 10.0 Å². The van der Waals surface area contributed by atoms with Crippen LogP contribution in [-0.4, -0.2) is 44.2 Å². The van der Waals surface area contributed by atoms with E-state index in [4.69, 9.17) is 5.73 Å². The van der Waals surface area contributed by atoms with Gasteiger partial charge in [0.05, 0.1) is 6.26 Å². The van der Waals surface area contributed by atoms with Gasteiger partial charge < -0.3 is 5.73 Å². The fourth-order valence-corrected chi connectivity index (χ4v) is 3.09. The Morgan fingerprint density at radius 2 is 2.35 bits per heavy atom. The Hall–Kier alpha value is -1.18. The van der Waals surface area contributed by atoms with E-state index in [9.17, 15) is 8.42 Å². The summed E-state index contributed by atoms with van der Waals surface area (Å²) in [6, 6.07) is 3.87. The summed E-state index contributed by atoms with van der Waals surface area (Å²) in [7, 11) is -3.11. The molecule has 0 radical (unpaired) electrons. The standard InChI is InChI=1S/C13H22N4O2S/c1-20(18,19)16-8-11-4-3-7-17(9-11)10-12-5-2-6-15-13(12)14/h2,5-6,11,16H,3-4,7-10H2,1H3,(H2,14,15). The van der Waals surface area contributed by atoms with Gasteiger partial charge >= 0.3 is 0 Å². The van der Waals surface area contributed by atoms with E-state index in [-0.39, 0.29) is 0 Å². The molecule has 3 N–H and O–H groups in total. The molecule has 7 heteroatoms. The molecular weight excluding hydrogens is 276 g/mol. The minimum Gasteiger partial charge on any atom is -0.383 e. The minimum absolute atomic E-state index is 0.358. The molecule has 0 amide bonds. The lowest BCUT2D eigenvalue weighted by Gasteiger charge is -2.32. The van der Waals surface area contributed by atoms with Crippen LogP contribution in [0.4, 0.5) is 5.82 Å². The Balaban J connectivity index is 1.89. The quantitative estimate of drug-likeness (QED) is 0.823. The molecule has 0 aromatic carbocycles.